The van der Waals surface area contributed by atoms with Crippen molar-refractivity contribution in [2.24, 2.45) is 0 Å². The standard InChI is InChI=1S/C13H17FN2O4/c1-9(2)15(4-3-5-17)13(18)10-6-11(14)8-12(7-10)16(19)20/h6-9,17H,3-5H2,1-2H3. The molecule has 6 nitrogen and oxygen atoms in total. The van der Waals surface area contributed by atoms with Gasteiger partial charge in [-0.2, -0.15) is 0 Å². The Morgan fingerprint density at radius 3 is 2.60 bits per heavy atom. The molecule has 110 valence electrons. The second-order valence-electron chi connectivity index (χ2n) is 4.62. The lowest BCUT2D eigenvalue weighted by atomic mass is 10.1. The summed E-state index contributed by atoms with van der Waals surface area (Å²) in [5, 5.41) is 19.5. The highest BCUT2D eigenvalue weighted by Gasteiger charge is 2.21. The van der Waals surface area contributed by atoms with E-state index in [2.05, 4.69) is 0 Å². The molecule has 0 saturated heterocycles. The summed E-state index contributed by atoms with van der Waals surface area (Å²) in [4.78, 5) is 23.7. The highest BCUT2D eigenvalue weighted by atomic mass is 19.1. The molecule has 1 amide bonds. The van der Waals surface area contributed by atoms with Gasteiger partial charge in [0.05, 0.1) is 11.0 Å². The predicted octanol–water partition coefficient (Wildman–Crippen LogP) is 1.97. The number of nitro groups is 1. The van der Waals surface area contributed by atoms with Crippen LogP contribution in [-0.2, 0) is 0 Å². The SMILES string of the molecule is CC(C)N(CCCO)C(=O)c1cc(F)cc([N+](=O)[O-])c1. The van der Waals surface area contributed by atoms with E-state index >= 15 is 0 Å². The van der Waals surface area contributed by atoms with Gasteiger partial charge >= 0.3 is 0 Å². The van der Waals surface area contributed by atoms with Gasteiger partial charge in [-0.3, -0.25) is 14.9 Å². The Morgan fingerprint density at radius 1 is 1.45 bits per heavy atom. The smallest absolute Gasteiger partial charge is 0.273 e. The molecule has 0 unspecified atom stereocenters. The van der Waals surface area contributed by atoms with Gasteiger partial charge in [0.2, 0.25) is 0 Å². The van der Waals surface area contributed by atoms with Crippen molar-refractivity contribution in [3.63, 3.8) is 0 Å². The van der Waals surface area contributed by atoms with E-state index in [-0.39, 0.29) is 18.2 Å². The van der Waals surface area contributed by atoms with Crippen LogP contribution in [0.4, 0.5) is 10.1 Å². The Morgan fingerprint density at radius 2 is 2.10 bits per heavy atom. The number of hydrogen-bond donors (Lipinski definition) is 1. The van der Waals surface area contributed by atoms with Crippen molar-refractivity contribution in [1.29, 1.82) is 0 Å². The molecule has 7 heteroatoms. The van der Waals surface area contributed by atoms with Gasteiger partial charge in [-0.1, -0.05) is 0 Å². The van der Waals surface area contributed by atoms with Gasteiger partial charge in [-0.15, -0.1) is 0 Å². The maximum Gasteiger partial charge on any atom is 0.273 e. The number of carbonyl (C=O) groups is 1. The number of rotatable bonds is 6. The first-order valence-corrected chi connectivity index (χ1v) is 6.23. The molecule has 0 aromatic heterocycles. The molecule has 0 spiro atoms. The molecule has 0 aliphatic rings. The first-order chi connectivity index (χ1) is 9.36. The van der Waals surface area contributed by atoms with Gasteiger partial charge in [-0.25, -0.2) is 4.39 Å². The minimum absolute atomic E-state index is 0.0664. The molecule has 1 rings (SSSR count). The highest BCUT2D eigenvalue weighted by molar-refractivity contribution is 5.95. The quantitative estimate of drug-likeness (QED) is 0.639. The first-order valence-electron chi connectivity index (χ1n) is 6.23. The van der Waals surface area contributed by atoms with Crippen LogP contribution >= 0.6 is 0 Å². The van der Waals surface area contributed by atoms with Crippen LogP contribution in [0.1, 0.15) is 30.6 Å². The van der Waals surface area contributed by atoms with E-state index in [0.29, 0.717) is 13.0 Å². The van der Waals surface area contributed by atoms with Crippen molar-refractivity contribution in [2.45, 2.75) is 26.3 Å². The Bertz CT molecular complexity index is 505. The lowest BCUT2D eigenvalue weighted by Crippen LogP contribution is -2.38. The van der Waals surface area contributed by atoms with Crippen molar-refractivity contribution < 1.29 is 19.2 Å². The Hall–Kier alpha value is -2.02. The summed E-state index contributed by atoms with van der Waals surface area (Å²) < 4.78 is 13.3. The third-order valence-electron chi connectivity index (χ3n) is 2.78. The zero-order chi connectivity index (χ0) is 15.3. The zero-order valence-electron chi connectivity index (χ0n) is 11.4. The van der Waals surface area contributed by atoms with Crippen LogP contribution in [0.5, 0.6) is 0 Å². The van der Waals surface area contributed by atoms with Crippen molar-refractivity contribution >= 4 is 11.6 Å². The van der Waals surface area contributed by atoms with Crippen LogP contribution in [0.15, 0.2) is 18.2 Å². The number of aliphatic hydroxyl groups is 1. The fraction of sp³-hybridized carbons (Fsp3) is 0.462. The van der Waals surface area contributed by atoms with E-state index in [1.165, 1.54) is 4.90 Å². The maximum absolute atomic E-state index is 13.3. The molecule has 0 saturated carbocycles. The molecule has 0 radical (unpaired) electrons. The highest BCUT2D eigenvalue weighted by Crippen LogP contribution is 2.18. The number of halogens is 1. The molecule has 0 atom stereocenters. The van der Waals surface area contributed by atoms with Gasteiger partial charge < -0.3 is 10.0 Å². The number of hydrogen-bond acceptors (Lipinski definition) is 4. The second-order valence-corrected chi connectivity index (χ2v) is 4.62. The van der Waals surface area contributed by atoms with E-state index in [0.717, 1.165) is 18.2 Å². The van der Waals surface area contributed by atoms with E-state index in [1.54, 1.807) is 13.8 Å². The lowest BCUT2D eigenvalue weighted by molar-refractivity contribution is -0.385. The summed E-state index contributed by atoms with van der Waals surface area (Å²) in [6.07, 6.45) is 0.390. The van der Waals surface area contributed by atoms with Crippen LogP contribution < -0.4 is 0 Å². The topological polar surface area (TPSA) is 83.7 Å². The molecule has 0 bridgehead atoms. The first kappa shape index (κ1) is 16.0. The predicted molar refractivity (Wildman–Crippen MR) is 70.9 cm³/mol. The second kappa shape index (κ2) is 6.95. The number of nitrogens with zero attached hydrogens (tertiary/aromatic N) is 2. The van der Waals surface area contributed by atoms with Crippen molar-refractivity contribution in [1.82, 2.24) is 4.90 Å². The number of amides is 1. The molecule has 0 aliphatic carbocycles. The Balaban J connectivity index is 3.08. The van der Waals surface area contributed by atoms with Crippen LogP contribution in [0.25, 0.3) is 0 Å². The van der Waals surface area contributed by atoms with Crippen LogP contribution in [0.2, 0.25) is 0 Å². The number of non-ortho nitro benzene ring substituents is 1. The minimum atomic E-state index is -0.826. The monoisotopic (exact) mass is 284 g/mol. The van der Waals surface area contributed by atoms with Gasteiger partial charge in [0, 0.05) is 30.8 Å². The van der Waals surface area contributed by atoms with Crippen LogP contribution in [0, 0.1) is 15.9 Å². The fourth-order valence-corrected chi connectivity index (χ4v) is 1.80. The van der Waals surface area contributed by atoms with Crippen molar-refractivity contribution in [2.75, 3.05) is 13.2 Å². The van der Waals surface area contributed by atoms with Gasteiger partial charge in [0.15, 0.2) is 0 Å². The van der Waals surface area contributed by atoms with E-state index in [9.17, 15) is 19.3 Å². The Kier molecular flexibility index (Phi) is 5.57. The molecule has 20 heavy (non-hydrogen) atoms. The molecule has 0 aliphatic heterocycles. The fourth-order valence-electron chi connectivity index (χ4n) is 1.80. The average Bonchev–Trinajstić information content (AvgIpc) is 2.37. The van der Waals surface area contributed by atoms with Gasteiger partial charge in [0.25, 0.3) is 11.6 Å². The summed E-state index contributed by atoms with van der Waals surface area (Å²) in [5.41, 5.74) is -0.525. The third kappa shape index (κ3) is 3.99. The number of nitro benzene ring substituents is 1. The maximum atomic E-state index is 13.3. The zero-order valence-corrected chi connectivity index (χ0v) is 11.4. The van der Waals surface area contributed by atoms with E-state index in [1.807, 2.05) is 0 Å². The molecule has 1 aromatic rings. The van der Waals surface area contributed by atoms with E-state index in [4.69, 9.17) is 5.11 Å². The summed E-state index contributed by atoms with van der Waals surface area (Å²) in [6, 6.07) is 2.64. The Labute approximate surface area is 116 Å². The molecular formula is C13H17FN2O4. The average molecular weight is 284 g/mol. The van der Waals surface area contributed by atoms with Crippen LogP contribution in [-0.4, -0.2) is 40.0 Å². The van der Waals surface area contributed by atoms with Crippen molar-refractivity contribution in [3.05, 3.63) is 39.7 Å². The summed E-state index contributed by atoms with van der Waals surface area (Å²) >= 11 is 0. The van der Waals surface area contributed by atoms with E-state index < -0.39 is 22.3 Å². The largest absolute Gasteiger partial charge is 0.396 e. The number of benzene rings is 1. The van der Waals surface area contributed by atoms with Gasteiger partial charge in [0.1, 0.15) is 5.82 Å². The molecule has 1 N–H and O–H groups in total. The molecule has 0 fully saturated rings. The number of carbonyl (C=O) groups excluding carboxylic acids is 1. The summed E-state index contributed by atoms with van der Waals surface area (Å²) in [7, 11) is 0. The van der Waals surface area contributed by atoms with Crippen molar-refractivity contribution in [3.8, 4) is 0 Å². The molecule has 1 aromatic carbocycles. The summed E-state index contributed by atoms with van der Waals surface area (Å²) in [5.74, 6) is -1.32. The van der Waals surface area contributed by atoms with Gasteiger partial charge in [-0.05, 0) is 26.3 Å². The molecular weight excluding hydrogens is 267 g/mol. The lowest BCUT2D eigenvalue weighted by Gasteiger charge is -2.26. The normalized spacial score (nSPS) is 10.7. The minimum Gasteiger partial charge on any atom is -0.396 e. The summed E-state index contributed by atoms with van der Waals surface area (Å²) in [6.45, 7) is 3.79. The third-order valence-corrected chi connectivity index (χ3v) is 2.78. The number of aliphatic hydroxyl groups excluding tert-OH is 1. The molecule has 0 heterocycles. The van der Waals surface area contributed by atoms with Crippen LogP contribution in [0.3, 0.4) is 0 Å².